The standard InChI is InChI=1S/C13H11N3O/c1-9-11(10-5-3-2-4-6-10)7-8-12-13(9)14-15-16(12)17/h2-8,17H,1H3. The lowest BCUT2D eigenvalue weighted by Gasteiger charge is -2.05. The molecule has 17 heavy (non-hydrogen) atoms. The number of nitrogens with zero attached hydrogens (tertiary/aromatic N) is 3. The van der Waals surface area contributed by atoms with Gasteiger partial charge in [0, 0.05) is 0 Å². The average molecular weight is 225 g/mol. The van der Waals surface area contributed by atoms with E-state index in [4.69, 9.17) is 0 Å². The quantitative estimate of drug-likeness (QED) is 0.648. The highest BCUT2D eigenvalue weighted by atomic mass is 16.5. The van der Waals surface area contributed by atoms with E-state index in [1.165, 1.54) is 0 Å². The molecule has 0 radical (unpaired) electrons. The van der Waals surface area contributed by atoms with Crippen LogP contribution in [0.15, 0.2) is 42.5 Å². The zero-order valence-electron chi connectivity index (χ0n) is 9.33. The van der Waals surface area contributed by atoms with Gasteiger partial charge in [-0.1, -0.05) is 41.2 Å². The maximum Gasteiger partial charge on any atom is 0.131 e. The number of benzene rings is 2. The van der Waals surface area contributed by atoms with E-state index in [0.717, 1.165) is 27.1 Å². The molecule has 4 nitrogen and oxygen atoms in total. The summed E-state index contributed by atoms with van der Waals surface area (Å²) in [4.78, 5) is 0.803. The molecule has 3 rings (SSSR count). The molecular formula is C13H11N3O. The molecule has 0 saturated carbocycles. The highest BCUT2D eigenvalue weighted by Gasteiger charge is 2.10. The third-order valence-electron chi connectivity index (χ3n) is 2.94. The summed E-state index contributed by atoms with van der Waals surface area (Å²) in [6.07, 6.45) is 0. The second-order valence-corrected chi connectivity index (χ2v) is 3.95. The summed E-state index contributed by atoms with van der Waals surface area (Å²) < 4.78 is 0. The molecule has 0 amide bonds. The Morgan fingerprint density at radius 2 is 1.82 bits per heavy atom. The van der Waals surface area contributed by atoms with E-state index in [2.05, 4.69) is 22.4 Å². The van der Waals surface area contributed by atoms with E-state index in [9.17, 15) is 5.21 Å². The molecule has 0 saturated heterocycles. The van der Waals surface area contributed by atoms with Gasteiger partial charge in [-0.3, -0.25) is 0 Å². The Hall–Kier alpha value is -2.36. The van der Waals surface area contributed by atoms with Gasteiger partial charge < -0.3 is 5.21 Å². The van der Waals surface area contributed by atoms with Gasteiger partial charge in [0.25, 0.3) is 0 Å². The average Bonchev–Trinajstić information content (AvgIpc) is 2.74. The third-order valence-corrected chi connectivity index (χ3v) is 2.94. The van der Waals surface area contributed by atoms with Crippen LogP contribution < -0.4 is 0 Å². The van der Waals surface area contributed by atoms with E-state index >= 15 is 0 Å². The van der Waals surface area contributed by atoms with Crippen LogP contribution in [0.1, 0.15) is 5.56 Å². The highest BCUT2D eigenvalue weighted by molar-refractivity contribution is 5.86. The summed E-state index contributed by atoms with van der Waals surface area (Å²) in [5, 5.41) is 17.0. The smallest absolute Gasteiger partial charge is 0.131 e. The number of fused-ring (bicyclic) bond motifs is 1. The first kappa shape index (κ1) is 9.84. The highest BCUT2D eigenvalue weighted by Crippen LogP contribution is 2.27. The van der Waals surface area contributed by atoms with Crippen LogP contribution in [0.3, 0.4) is 0 Å². The molecule has 1 N–H and O–H groups in total. The molecule has 0 unspecified atom stereocenters. The van der Waals surface area contributed by atoms with Crippen LogP contribution in [0.5, 0.6) is 0 Å². The van der Waals surface area contributed by atoms with Crippen molar-refractivity contribution in [1.82, 2.24) is 15.2 Å². The van der Waals surface area contributed by atoms with E-state index in [0.29, 0.717) is 5.52 Å². The van der Waals surface area contributed by atoms with E-state index in [1.54, 1.807) is 0 Å². The number of aromatic nitrogens is 3. The lowest BCUT2D eigenvalue weighted by molar-refractivity contribution is 0.155. The summed E-state index contributed by atoms with van der Waals surface area (Å²) in [5.74, 6) is 0. The van der Waals surface area contributed by atoms with Gasteiger partial charge in [-0.25, -0.2) is 0 Å². The van der Waals surface area contributed by atoms with Crippen LogP contribution in [0.4, 0.5) is 0 Å². The first-order valence-electron chi connectivity index (χ1n) is 5.37. The zero-order valence-corrected chi connectivity index (χ0v) is 9.33. The zero-order chi connectivity index (χ0) is 11.8. The topological polar surface area (TPSA) is 50.9 Å². The third kappa shape index (κ3) is 1.45. The molecule has 0 aliphatic rings. The monoisotopic (exact) mass is 225 g/mol. The summed E-state index contributed by atoms with van der Waals surface area (Å²) in [7, 11) is 0. The van der Waals surface area contributed by atoms with Gasteiger partial charge >= 0.3 is 0 Å². The SMILES string of the molecule is Cc1c(-c2ccccc2)ccc2c1nnn2O. The molecule has 0 spiro atoms. The molecular weight excluding hydrogens is 214 g/mol. The summed E-state index contributed by atoms with van der Waals surface area (Å²) >= 11 is 0. The molecule has 0 bridgehead atoms. The van der Waals surface area contributed by atoms with E-state index in [1.807, 2.05) is 37.3 Å². The number of aryl methyl sites for hydroxylation is 1. The molecule has 0 aliphatic heterocycles. The fourth-order valence-electron chi connectivity index (χ4n) is 2.04. The summed E-state index contributed by atoms with van der Waals surface area (Å²) in [6, 6.07) is 13.9. The van der Waals surface area contributed by atoms with Crippen LogP contribution in [-0.4, -0.2) is 20.4 Å². The van der Waals surface area contributed by atoms with Crippen molar-refractivity contribution in [3.63, 3.8) is 0 Å². The fraction of sp³-hybridized carbons (Fsp3) is 0.0769. The van der Waals surface area contributed by atoms with Crippen LogP contribution in [0.2, 0.25) is 0 Å². The molecule has 2 aromatic carbocycles. The molecule has 3 aromatic rings. The number of hydrogen-bond acceptors (Lipinski definition) is 3. The Morgan fingerprint density at radius 3 is 2.59 bits per heavy atom. The van der Waals surface area contributed by atoms with Crippen molar-refractivity contribution >= 4 is 11.0 Å². The van der Waals surface area contributed by atoms with Crippen molar-refractivity contribution in [2.45, 2.75) is 6.92 Å². The molecule has 1 aromatic heterocycles. The van der Waals surface area contributed by atoms with Crippen LogP contribution in [0, 0.1) is 6.92 Å². The predicted octanol–water partition coefficient (Wildman–Crippen LogP) is 2.64. The van der Waals surface area contributed by atoms with Crippen molar-refractivity contribution in [2.24, 2.45) is 0 Å². The van der Waals surface area contributed by atoms with Crippen molar-refractivity contribution in [3.05, 3.63) is 48.0 Å². The molecule has 84 valence electrons. The van der Waals surface area contributed by atoms with Gasteiger partial charge in [0.15, 0.2) is 0 Å². The first-order chi connectivity index (χ1) is 8.27. The molecule has 1 heterocycles. The first-order valence-corrected chi connectivity index (χ1v) is 5.37. The van der Waals surface area contributed by atoms with Crippen molar-refractivity contribution in [1.29, 1.82) is 0 Å². The van der Waals surface area contributed by atoms with Crippen LogP contribution in [-0.2, 0) is 0 Å². The van der Waals surface area contributed by atoms with Gasteiger partial charge in [0.1, 0.15) is 11.0 Å². The Bertz CT molecular complexity index is 674. The molecule has 0 fully saturated rings. The second-order valence-electron chi connectivity index (χ2n) is 3.95. The van der Waals surface area contributed by atoms with Gasteiger partial charge in [0.2, 0.25) is 0 Å². The number of rotatable bonds is 1. The van der Waals surface area contributed by atoms with E-state index < -0.39 is 0 Å². The number of hydrogen-bond donors (Lipinski definition) is 1. The van der Waals surface area contributed by atoms with Gasteiger partial charge in [-0.2, -0.15) is 0 Å². The van der Waals surface area contributed by atoms with Gasteiger partial charge in [-0.05, 0) is 34.9 Å². The lowest BCUT2D eigenvalue weighted by Crippen LogP contribution is -1.91. The molecule has 4 heteroatoms. The minimum atomic E-state index is 0.627. The summed E-state index contributed by atoms with van der Waals surface area (Å²) in [5.41, 5.74) is 4.63. The summed E-state index contributed by atoms with van der Waals surface area (Å²) in [6.45, 7) is 1.99. The lowest BCUT2D eigenvalue weighted by atomic mass is 9.99. The normalized spacial score (nSPS) is 10.9. The molecule has 0 atom stereocenters. The Labute approximate surface area is 98.1 Å². The van der Waals surface area contributed by atoms with Crippen LogP contribution >= 0.6 is 0 Å². The second kappa shape index (κ2) is 3.59. The van der Waals surface area contributed by atoms with Gasteiger partial charge in [0.05, 0.1) is 0 Å². The van der Waals surface area contributed by atoms with Crippen molar-refractivity contribution in [2.75, 3.05) is 0 Å². The maximum atomic E-state index is 9.44. The Kier molecular flexibility index (Phi) is 2.08. The maximum absolute atomic E-state index is 9.44. The largest absolute Gasteiger partial charge is 0.410 e. The van der Waals surface area contributed by atoms with Crippen molar-refractivity contribution < 1.29 is 5.21 Å². The minimum Gasteiger partial charge on any atom is -0.410 e. The fourth-order valence-corrected chi connectivity index (χ4v) is 2.04. The minimum absolute atomic E-state index is 0.627. The van der Waals surface area contributed by atoms with Crippen LogP contribution in [0.25, 0.3) is 22.2 Å². The Morgan fingerprint density at radius 1 is 1.06 bits per heavy atom. The predicted molar refractivity (Wildman–Crippen MR) is 64.9 cm³/mol. The van der Waals surface area contributed by atoms with E-state index in [-0.39, 0.29) is 0 Å². The molecule has 0 aliphatic carbocycles. The van der Waals surface area contributed by atoms with Crippen molar-refractivity contribution in [3.8, 4) is 11.1 Å². The Balaban J connectivity index is 2.29. The van der Waals surface area contributed by atoms with Gasteiger partial charge in [-0.15, -0.1) is 5.10 Å².